The second kappa shape index (κ2) is 7.93. The third-order valence-electron chi connectivity index (χ3n) is 1.70. The van der Waals surface area contributed by atoms with Crippen molar-refractivity contribution < 1.29 is 0 Å². The maximum absolute atomic E-state index is 2.23. The van der Waals surface area contributed by atoms with E-state index in [0.29, 0.717) is 5.25 Å². The summed E-state index contributed by atoms with van der Waals surface area (Å²) in [6.07, 6.45) is 9.77. The topological polar surface area (TPSA) is 0 Å². The average molecular weight is 210 g/mol. The molecular weight excluding hydrogens is 188 g/mol. The van der Waals surface area contributed by atoms with Crippen LogP contribution in [0, 0.1) is 0 Å². The van der Waals surface area contributed by atoms with Gasteiger partial charge in [0.2, 0.25) is 0 Å². The molecule has 0 bridgehead atoms. The predicted molar refractivity (Wildman–Crippen MR) is 69.7 cm³/mol. The van der Waals surface area contributed by atoms with E-state index in [2.05, 4.69) is 45.1 Å². The molecule has 0 amide bonds. The van der Waals surface area contributed by atoms with Gasteiger partial charge in [-0.2, -0.15) is 0 Å². The maximum Gasteiger partial charge on any atom is 0.00669 e. The van der Waals surface area contributed by atoms with Crippen molar-refractivity contribution in [1.29, 1.82) is 0 Å². The molecule has 0 saturated carbocycles. The molecular formula is C13H22S. The fourth-order valence-corrected chi connectivity index (χ4v) is 2.05. The molecule has 0 aliphatic heterocycles. The number of thioether (sulfide) groups is 1. The van der Waals surface area contributed by atoms with E-state index in [1.165, 1.54) is 10.5 Å². The van der Waals surface area contributed by atoms with Gasteiger partial charge in [0, 0.05) is 10.2 Å². The SMILES string of the molecule is CC.CC1=C(SC(C)C)C=CC=CC1. The van der Waals surface area contributed by atoms with Crippen LogP contribution in [-0.4, -0.2) is 5.25 Å². The predicted octanol–water partition coefficient (Wildman–Crippen LogP) is 4.94. The molecule has 0 aromatic carbocycles. The van der Waals surface area contributed by atoms with Crippen molar-refractivity contribution in [2.45, 2.75) is 46.3 Å². The number of hydrogen-bond donors (Lipinski definition) is 0. The van der Waals surface area contributed by atoms with Gasteiger partial charge >= 0.3 is 0 Å². The maximum atomic E-state index is 2.23. The van der Waals surface area contributed by atoms with E-state index in [-0.39, 0.29) is 0 Å². The van der Waals surface area contributed by atoms with Gasteiger partial charge in [-0.3, -0.25) is 0 Å². The molecule has 0 fully saturated rings. The minimum Gasteiger partial charge on any atom is -0.123 e. The zero-order valence-electron chi connectivity index (χ0n) is 10.0. The summed E-state index contributed by atoms with van der Waals surface area (Å²) in [4.78, 5) is 1.44. The van der Waals surface area contributed by atoms with Crippen molar-refractivity contribution in [3.05, 3.63) is 34.8 Å². The van der Waals surface area contributed by atoms with Crippen LogP contribution in [0.1, 0.15) is 41.0 Å². The summed E-state index contributed by atoms with van der Waals surface area (Å²) >= 11 is 1.95. The Bertz CT molecular complexity index is 232. The summed E-state index contributed by atoms with van der Waals surface area (Å²) in [5.74, 6) is 0. The van der Waals surface area contributed by atoms with Crippen LogP contribution in [0.4, 0.5) is 0 Å². The Kier molecular flexibility index (Phi) is 7.68. The fourth-order valence-electron chi connectivity index (χ4n) is 1.10. The van der Waals surface area contributed by atoms with Crippen LogP contribution in [0.15, 0.2) is 34.8 Å². The van der Waals surface area contributed by atoms with Crippen molar-refractivity contribution >= 4 is 11.8 Å². The summed E-state index contributed by atoms with van der Waals surface area (Å²) in [6, 6.07) is 0. The first-order chi connectivity index (χ1) is 6.70. The molecule has 14 heavy (non-hydrogen) atoms. The summed E-state index contributed by atoms with van der Waals surface area (Å²) < 4.78 is 0. The van der Waals surface area contributed by atoms with E-state index < -0.39 is 0 Å². The minimum absolute atomic E-state index is 0.678. The second-order valence-corrected chi connectivity index (χ2v) is 4.92. The molecule has 1 rings (SSSR count). The molecule has 0 radical (unpaired) electrons. The van der Waals surface area contributed by atoms with Gasteiger partial charge in [-0.05, 0) is 19.4 Å². The molecule has 0 heterocycles. The van der Waals surface area contributed by atoms with Gasteiger partial charge < -0.3 is 0 Å². The van der Waals surface area contributed by atoms with Crippen LogP contribution in [-0.2, 0) is 0 Å². The van der Waals surface area contributed by atoms with Crippen LogP contribution in [0.3, 0.4) is 0 Å². The van der Waals surface area contributed by atoms with E-state index >= 15 is 0 Å². The fraction of sp³-hybridized carbons (Fsp3) is 0.538. The van der Waals surface area contributed by atoms with Crippen LogP contribution in [0.2, 0.25) is 0 Å². The molecule has 0 spiro atoms. The highest BCUT2D eigenvalue weighted by atomic mass is 32.2. The zero-order valence-corrected chi connectivity index (χ0v) is 10.8. The largest absolute Gasteiger partial charge is 0.123 e. The smallest absolute Gasteiger partial charge is 0.00669 e. The van der Waals surface area contributed by atoms with Crippen LogP contribution >= 0.6 is 11.8 Å². The summed E-state index contributed by atoms with van der Waals surface area (Å²) in [5, 5.41) is 0.678. The lowest BCUT2D eigenvalue weighted by Crippen LogP contribution is -1.88. The molecule has 0 saturated heterocycles. The van der Waals surface area contributed by atoms with Crippen molar-refractivity contribution in [3.63, 3.8) is 0 Å². The monoisotopic (exact) mass is 210 g/mol. The lowest BCUT2D eigenvalue weighted by Gasteiger charge is -2.08. The highest BCUT2D eigenvalue weighted by molar-refractivity contribution is 8.03. The van der Waals surface area contributed by atoms with E-state index in [0.717, 1.165) is 6.42 Å². The molecule has 0 aromatic rings. The van der Waals surface area contributed by atoms with Crippen molar-refractivity contribution in [1.82, 2.24) is 0 Å². The molecule has 0 atom stereocenters. The Balaban J connectivity index is 0.000000791. The Morgan fingerprint density at radius 2 is 1.86 bits per heavy atom. The van der Waals surface area contributed by atoms with Gasteiger partial charge in [0.25, 0.3) is 0 Å². The number of hydrogen-bond acceptors (Lipinski definition) is 1. The lowest BCUT2D eigenvalue weighted by atomic mass is 10.2. The quantitative estimate of drug-likeness (QED) is 0.622. The van der Waals surface area contributed by atoms with Gasteiger partial charge in [0.05, 0.1) is 0 Å². The van der Waals surface area contributed by atoms with Gasteiger partial charge in [-0.15, -0.1) is 11.8 Å². The first-order valence-electron chi connectivity index (χ1n) is 5.40. The molecule has 1 aliphatic rings. The summed E-state index contributed by atoms with van der Waals surface area (Å²) in [7, 11) is 0. The minimum atomic E-state index is 0.678. The van der Waals surface area contributed by atoms with Crippen LogP contribution in [0.5, 0.6) is 0 Å². The average Bonchev–Trinajstić information content (AvgIpc) is 2.35. The molecule has 0 aromatic heterocycles. The summed E-state index contributed by atoms with van der Waals surface area (Å²) in [6.45, 7) is 10.7. The molecule has 1 aliphatic carbocycles. The number of allylic oxidation sites excluding steroid dienone is 5. The third-order valence-corrected chi connectivity index (χ3v) is 2.91. The van der Waals surface area contributed by atoms with E-state index in [1.807, 2.05) is 25.6 Å². The highest BCUT2D eigenvalue weighted by Gasteiger charge is 2.03. The second-order valence-electron chi connectivity index (χ2n) is 3.30. The molecule has 1 heteroatoms. The Labute approximate surface area is 93.2 Å². The van der Waals surface area contributed by atoms with Gasteiger partial charge in [-0.25, -0.2) is 0 Å². The molecule has 0 N–H and O–H groups in total. The zero-order chi connectivity index (χ0) is 11.0. The van der Waals surface area contributed by atoms with Crippen LogP contribution < -0.4 is 0 Å². The van der Waals surface area contributed by atoms with Gasteiger partial charge in [0.1, 0.15) is 0 Å². The molecule has 80 valence electrons. The first-order valence-corrected chi connectivity index (χ1v) is 6.27. The van der Waals surface area contributed by atoms with E-state index in [1.54, 1.807) is 0 Å². The molecule has 0 nitrogen and oxygen atoms in total. The van der Waals surface area contributed by atoms with E-state index in [9.17, 15) is 0 Å². The standard InChI is InChI=1S/C11H16S.C2H6/c1-9(2)12-11-8-6-4-5-7-10(11)3;1-2/h4-6,8-9H,7H2,1-3H3;1-2H3. The Morgan fingerprint density at radius 3 is 2.43 bits per heavy atom. The van der Waals surface area contributed by atoms with Crippen LogP contribution in [0.25, 0.3) is 0 Å². The Hall–Kier alpha value is -0.430. The highest BCUT2D eigenvalue weighted by Crippen LogP contribution is 2.28. The molecule has 0 unspecified atom stereocenters. The number of rotatable bonds is 2. The van der Waals surface area contributed by atoms with Crippen molar-refractivity contribution in [2.24, 2.45) is 0 Å². The normalized spacial score (nSPS) is 15.3. The van der Waals surface area contributed by atoms with Gasteiger partial charge in [-0.1, -0.05) is 51.5 Å². The van der Waals surface area contributed by atoms with Crippen molar-refractivity contribution in [3.8, 4) is 0 Å². The summed E-state index contributed by atoms with van der Waals surface area (Å²) in [5.41, 5.74) is 1.48. The van der Waals surface area contributed by atoms with E-state index in [4.69, 9.17) is 0 Å². The third kappa shape index (κ3) is 5.33. The lowest BCUT2D eigenvalue weighted by molar-refractivity contribution is 1.11. The Morgan fingerprint density at radius 1 is 1.21 bits per heavy atom. The van der Waals surface area contributed by atoms with Crippen molar-refractivity contribution in [2.75, 3.05) is 0 Å². The first kappa shape index (κ1) is 13.6. The van der Waals surface area contributed by atoms with Gasteiger partial charge in [0.15, 0.2) is 0 Å².